The normalized spacial score (nSPS) is 9.86. The van der Waals surface area contributed by atoms with Gasteiger partial charge in [0.1, 0.15) is 0 Å². The number of carbonyl (C=O) groups excluding carboxylic acids is 1. The Kier molecular flexibility index (Phi) is 5.33. The van der Waals surface area contributed by atoms with Crippen LogP contribution in [0, 0.1) is 11.8 Å². The van der Waals surface area contributed by atoms with Gasteiger partial charge < -0.3 is 10.2 Å². The van der Waals surface area contributed by atoms with Crippen molar-refractivity contribution in [3.8, 4) is 11.8 Å². The van der Waals surface area contributed by atoms with Crippen LogP contribution >= 0.6 is 0 Å². The first kappa shape index (κ1) is 18.6. The third-order valence-electron chi connectivity index (χ3n) is 4.01. The number of carboxylic acids is 2. The lowest BCUT2D eigenvalue weighted by atomic mass is 10.0. The standard InChI is InChI=1S/C23H14O5/c24-21(17-4-2-1-3-5-17)18-11-8-15(9-12-18)6-7-16-10-13-19(22(25)26)20(14-16)23(27)28/h1-5,8-14H,(H,25,26)(H,27,28). The van der Waals surface area contributed by atoms with E-state index in [1.807, 2.05) is 6.07 Å². The van der Waals surface area contributed by atoms with E-state index >= 15 is 0 Å². The number of ketones is 1. The molecular weight excluding hydrogens is 356 g/mol. The number of rotatable bonds is 4. The molecule has 2 N–H and O–H groups in total. The summed E-state index contributed by atoms with van der Waals surface area (Å²) in [7, 11) is 0. The predicted molar refractivity (Wildman–Crippen MR) is 103 cm³/mol. The fourth-order valence-corrected chi connectivity index (χ4v) is 2.59. The molecule has 0 heterocycles. The SMILES string of the molecule is O=C(c1ccccc1)c1ccc(C#Cc2ccc(C(=O)O)c(C(=O)O)c2)cc1. The van der Waals surface area contributed by atoms with Crippen molar-refractivity contribution in [2.75, 3.05) is 0 Å². The van der Waals surface area contributed by atoms with Crippen LogP contribution in [0.5, 0.6) is 0 Å². The average molecular weight is 370 g/mol. The van der Waals surface area contributed by atoms with Crippen LogP contribution in [0.4, 0.5) is 0 Å². The Balaban J connectivity index is 1.83. The molecule has 0 radical (unpaired) electrons. The second kappa shape index (κ2) is 8.02. The molecule has 0 aliphatic rings. The maximum Gasteiger partial charge on any atom is 0.336 e. The molecule has 3 rings (SSSR count). The van der Waals surface area contributed by atoms with Crippen molar-refractivity contribution in [1.82, 2.24) is 0 Å². The smallest absolute Gasteiger partial charge is 0.336 e. The summed E-state index contributed by atoms with van der Waals surface area (Å²) in [5.41, 5.74) is 1.55. The molecular formula is C23H14O5. The van der Waals surface area contributed by atoms with Gasteiger partial charge in [0.15, 0.2) is 5.78 Å². The first-order valence-corrected chi connectivity index (χ1v) is 8.28. The van der Waals surface area contributed by atoms with Gasteiger partial charge in [-0.15, -0.1) is 0 Å². The zero-order valence-corrected chi connectivity index (χ0v) is 14.5. The van der Waals surface area contributed by atoms with E-state index in [0.717, 1.165) is 0 Å². The van der Waals surface area contributed by atoms with E-state index in [0.29, 0.717) is 22.3 Å². The second-order valence-corrected chi connectivity index (χ2v) is 5.89. The summed E-state index contributed by atoms with van der Waals surface area (Å²) in [6.07, 6.45) is 0. The van der Waals surface area contributed by atoms with Crippen LogP contribution in [0.25, 0.3) is 0 Å². The van der Waals surface area contributed by atoms with Crippen LogP contribution in [0.3, 0.4) is 0 Å². The van der Waals surface area contributed by atoms with Crippen molar-refractivity contribution in [2.45, 2.75) is 0 Å². The minimum Gasteiger partial charge on any atom is -0.478 e. The zero-order chi connectivity index (χ0) is 20.1. The van der Waals surface area contributed by atoms with Crippen molar-refractivity contribution >= 4 is 17.7 Å². The lowest BCUT2D eigenvalue weighted by Gasteiger charge is -2.02. The van der Waals surface area contributed by atoms with Gasteiger partial charge in [-0.25, -0.2) is 9.59 Å². The van der Waals surface area contributed by atoms with Crippen molar-refractivity contribution < 1.29 is 24.6 Å². The van der Waals surface area contributed by atoms with Gasteiger partial charge in [0.25, 0.3) is 0 Å². The number of carbonyl (C=O) groups is 3. The molecule has 0 saturated heterocycles. The molecule has 0 aliphatic carbocycles. The maximum atomic E-state index is 12.4. The van der Waals surface area contributed by atoms with Crippen molar-refractivity contribution in [3.63, 3.8) is 0 Å². The molecule has 0 bridgehead atoms. The first-order valence-electron chi connectivity index (χ1n) is 8.28. The number of hydrogen-bond donors (Lipinski definition) is 2. The van der Waals surface area contributed by atoms with Gasteiger partial charge in [0.2, 0.25) is 0 Å². The van der Waals surface area contributed by atoms with E-state index in [9.17, 15) is 14.4 Å². The largest absolute Gasteiger partial charge is 0.478 e. The highest BCUT2D eigenvalue weighted by atomic mass is 16.4. The Morgan fingerprint density at radius 3 is 1.75 bits per heavy atom. The Labute approximate surface area is 160 Å². The van der Waals surface area contributed by atoms with Gasteiger partial charge in [-0.3, -0.25) is 4.79 Å². The fraction of sp³-hybridized carbons (Fsp3) is 0. The van der Waals surface area contributed by atoms with Crippen LogP contribution in [0.15, 0.2) is 72.8 Å². The minimum absolute atomic E-state index is 0.0875. The minimum atomic E-state index is -1.33. The van der Waals surface area contributed by atoms with Crippen molar-refractivity contribution in [3.05, 3.63) is 106 Å². The van der Waals surface area contributed by atoms with E-state index < -0.39 is 11.9 Å². The predicted octanol–water partition coefficient (Wildman–Crippen LogP) is 3.71. The fourth-order valence-electron chi connectivity index (χ4n) is 2.59. The Bertz CT molecular complexity index is 1120. The summed E-state index contributed by atoms with van der Waals surface area (Å²) in [4.78, 5) is 34.7. The number of aromatic carboxylic acids is 2. The van der Waals surface area contributed by atoms with Gasteiger partial charge in [0.05, 0.1) is 11.1 Å². The molecule has 3 aromatic carbocycles. The molecule has 0 amide bonds. The first-order chi connectivity index (χ1) is 13.5. The van der Waals surface area contributed by atoms with Crippen molar-refractivity contribution in [1.29, 1.82) is 0 Å². The molecule has 0 unspecified atom stereocenters. The summed E-state index contributed by atoms with van der Waals surface area (Å²) in [5, 5.41) is 18.2. The Morgan fingerprint density at radius 2 is 1.14 bits per heavy atom. The highest BCUT2D eigenvalue weighted by Gasteiger charge is 2.15. The third kappa shape index (κ3) is 4.14. The van der Waals surface area contributed by atoms with Crippen molar-refractivity contribution in [2.24, 2.45) is 0 Å². The summed E-state index contributed by atoms with van der Waals surface area (Å²) >= 11 is 0. The van der Waals surface area contributed by atoms with Gasteiger partial charge in [-0.2, -0.15) is 0 Å². The van der Waals surface area contributed by atoms with Crippen LogP contribution < -0.4 is 0 Å². The second-order valence-electron chi connectivity index (χ2n) is 5.89. The van der Waals surface area contributed by atoms with Gasteiger partial charge in [0, 0.05) is 22.3 Å². The lowest BCUT2D eigenvalue weighted by Crippen LogP contribution is -2.08. The molecule has 136 valence electrons. The molecule has 0 fully saturated rings. The Hall–Kier alpha value is -4.17. The third-order valence-corrected chi connectivity index (χ3v) is 4.01. The van der Waals surface area contributed by atoms with E-state index in [2.05, 4.69) is 11.8 Å². The summed E-state index contributed by atoms with van der Waals surface area (Å²) in [6, 6.07) is 19.6. The van der Waals surface area contributed by atoms with Gasteiger partial charge >= 0.3 is 11.9 Å². The number of hydrogen-bond acceptors (Lipinski definition) is 3. The summed E-state index contributed by atoms with van der Waals surface area (Å²) < 4.78 is 0. The van der Waals surface area contributed by atoms with E-state index in [4.69, 9.17) is 10.2 Å². The molecule has 0 aliphatic heterocycles. The quantitative estimate of drug-likeness (QED) is 0.540. The van der Waals surface area contributed by atoms with Gasteiger partial charge in [-0.1, -0.05) is 42.2 Å². The molecule has 0 aromatic heterocycles. The highest BCUT2D eigenvalue weighted by molar-refractivity contribution is 6.09. The molecule has 0 spiro atoms. The number of benzene rings is 3. The van der Waals surface area contributed by atoms with Crippen LogP contribution in [-0.2, 0) is 0 Å². The highest BCUT2D eigenvalue weighted by Crippen LogP contribution is 2.13. The van der Waals surface area contributed by atoms with Crippen LogP contribution in [0.1, 0.15) is 47.8 Å². The van der Waals surface area contributed by atoms with E-state index in [-0.39, 0.29) is 16.9 Å². The zero-order valence-electron chi connectivity index (χ0n) is 14.5. The molecule has 3 aromatic rings. The van der Waals surface area contributed by atoms with Gasteiger partial charge in [-0.05, 0) is 42.5 Å². The van der Waals surface area contributed by atoms with Crippen LogP contribution in [-0.4, -0.2) is 27.9 Å². The molecule has 28 heavy (non-hydrogen) atoms. The van der Waals surface area contributed by atoms with E-state index in [1.54, 1.807) is 48.5 Å². The van der Waals surface area contributed by atoms with Crippen LogP contribution in [0.2, 0.25) is 0 Å². The molecule has 5 heteroatoms. The maximum absolute atomic E-state index is 12.4. The van der Waals surface area contributed by atoms with E-state index in [1.165, 1.54) is 18.2 Å². The summed E-state index contributed by atoms with van der Waals surface area (Å²) in [6.45, 7) is 0. The molecule has 0 saturated carbocycles. The topological polar surface area (TPSA) is 91.7 Å². The monoisotopic (exact) mass is 370 g/mol. The summed E-state index contributed by atoms with van der Waals surface area (Å²) in [5.74, 6) is 2.97. The Morgan fingerprint density at radius 1 is 0.607 bits per heavy atom. The molecule has 0 atom stereocenters. The lowest BCUT2D eigenvalue weighted by molar-refractivity contribution is 0.0651. The average Bonchev–Trinajstić information content (AvgIpc) is 2.72. The number of carboxylic acid groups (broad SMARTS) is 2. The molecule has 5 nitrogen and oxygen atoms in total.